The molecule has 1 heterocycles. The molecule has 0 spiro atoms. The van der Waals surface area contributed by atoms with Gasteiger partial charge >= 0.3 is 12.0 Å². The van der Waals surface area contributed by atoms with Gasteiger partial charge in [-0.2, -0.15) is 0 Å². The van der Waals surface area contributed by atoms with E-state index in [2.05, 4.69) is 40.7 Å². The molecule has 0 radical (unpaired) electrons. The molecule has 7 heteroatoms. The Bertz CT molecular complexity index is 1130. The van der Waals surface area contributed by atoms with Crippen molar-refractivity contribution >= 4 is 17.7 Å². The van der Waals surface area contributed by atoms with Gasteiger partial charge in [-0.25, -0.2) is 9.59 Å². The van der Waals surface area contributed by atoms with Crippen molar-refractivity contribution in [2.75, 3.05) is 38.7 Å². The van der Waals surface area contributed by atoms with Crippen LogP contribution in [0.3, 0.4) is 0 Å². The molecule has 2 fully saturated rings. The first kappa shape index (κ1) is 25.6. The summed E-state index contributed by atoms with van der Waals surface area (Å²) in [6.07, 6.45) is 5.82. The molecule has 0 unspecified atom stereocenters. The fraction of sp³-hybridized carbons (Fsp3) is 0.533. The zero-order chi connectivity index (χ0) is 26.0. The number of hydrogen-bond acceptors (Lipinski definition) is 5. The molecule has 2 aliphatic carbocycles. The van der Waals surface area contributed by atoms with Gasteiger partial charge in [-0.05, 0) is 105 Å². The molecular formula is C30H39N3O4. The minimum Gasteiger partial charge on any atom is -0.497 e. The number of piperidine rings is 1. The number of rotatable bonds is 9. The predicted molar refractivity (Wildman–Crippen MR) is 144 cm³/mol. The number of nitrogens with one attached hydrogen (secondary N) is 2. The van der Waals surface area contributed by atoms with Crippen LogP contribution in [0.2, 0.25) is 0 Å². The Labute approximate surface area is 219 Å². The summed E-state index contributed by atoms with van der Waals surface area (Å²) in [4.78, 5) is 27.3. The molecule has 7 nitrogen and oxygen atoms in total. The SMILES string of the molecule is CCOC(=O)c1ccc(NC(=O)NCC[C@]23CCN(CC4CC4)[C@H](Cc4ccc(OC)cc42)[C@@H]3C)cc1. The zero-order valence-electron chi connectivity index (χ0n) is 22.2. The largest absolute Gasteiger partial charge is 0.497 e. The molecule has 37 heavy (non-hydrogen) atoms. The van der Waals surface area contributed by atoms with E-state index in [0.29, 0.717) is 36.4 Å². The summed E-state index contributed by atoms with van der Waals surface area (Å²) in [5.74, 6) is 1.92. The summed E-state index contributed by atoms with van der Waals surface area (Å²) in [7, 11) is 1.73. The number of anilines is 1. The van der Waals surface area contributed by atoms with Gasteiger partial charge in [0.15, 0.2) is 0 Å². The third-order valence-corrected chi connectivity index (χ3v) is 8.75. The lowest BCUT2D eigenvalue weighted by Gasteiger charge is -2.56. The van der Waals surface area contributed by atoms with Crippen molar-refractivity contribution in [2.24, 2.45) is 11.8 Å². The Kier molecular flexibility index (Phi) is 7.43. The average Bonchev–Trinajstić information content (AvgIpc) is 3.72. The second kappa shape index (κ2) is 10.7. The van der Waals surface area contributed by atoms with Crippen LogP contribution in [0.4, 0.5) is 10.5 Å². The van der Waals surface area contributed by atoms with E-state index < -0.39 is 0 Å². The lowest BCUT2D eigenvalue weighted by atomic mass is 9.56. The summed E-state index contributed by atoms with van der Waals surface area (Å²) in [5.41, 5.74) is 3.95. The van der Waals surface area contributed by atoms with Gasteiger partial charge in [-0.15, -0.1) is 0 Å². The molecule has 0 aromatic heterocycles. The molecule has 198 valence electrons. The third-order valence-electron chi connectivity index (χ3n) is 8.75. The van der Waals surface area contributed by atoms with Gasteiger partial charge in [0.05, 0.1) is 19.3 Å². The van der Waals surface area contributed by atoms with Crippen molar-refractivity contribution in [1.29, 1.82) is 0 Å². The number of hydrogen-bond donors (Lipinski definition) is 2. The topological polar surface area (TPSA) is 79.9 Å². The molecule has 2 aromatic rings. The van der Waals surface area contributed by atoms with Crippen molar-refractivity contribution in [3.05, 3.63) is 59.2 Å². The van der Waals surface area contributed by atoms with E-state index in [4.69, 9.17) is 9.47 Å². The molecule has 3 aliphatic rings. The van der Waals surface area contributed by atoms with Crippen LogP contribution in [-0.4, -0.2) is 56.3 Å². The fourth-order valence-corrected chi connectivity index (χ4v) is 6.48. The Balaban J connectivity index is 1.26. The normalized spacial score (nSPS) is 24.6. The number of ether oxygens (including phenoxy) is 2. The second-order valence-electron chi connectivity index (χ2n) is 10.9. The number of likely N-dealkylation sites (tertiary alicyclic amines) is 1. The molecule has 2 bridgehead atoms. The van der Waals surface area contributed by atoms with E-state index >= 15 is 0 Å². The van der Waals surface area contributed by atoms with Crippen LogP contribution in [0.1, 0.15) is 61.0 Å². The maximum atomic E-state index is 12.7. The van der Waals surface area contributed by atoms with Gasteiger partial charge in [0.1, 0.15) is 5.75 Å². The predicted octanol–water partition coefficient (Wildman–Crippen LogP) is 5.00. The molecule has 2 aromatic carbocycles. The van der Waals surface area contributed by atoms with Crippen molar-refractivity contribution < 1.29 is 19.1 Å². The van der Waals surface area contributed by atoms with E-state index in [1.165, 1.54) is 30.5 Å². The molecule has 3 atom stereocenters. The Morgan fingerprint density at radius 2 is 1.92 bits per heavy atom. The number of benzene rings is 2. The minimum atomic E-state index is -0.363. The highest BCUT2D eigenvalue weighted by atomic mass is 16.5. The van der Waals surface area contributed by atoms with E-state index in [0.717, 1.165) is 37.5 Å². The molecule has 1 saturated carbocycles. The molecule has 5 rings (SSSR count). The van der Waals surface area contributed by atoms with Gasteiger partial charge < -0.3 is 20.1 Å². The number of carbonyl (C=O) groups excluding carboxylic acids is 2. The van der Waals surface area contributed by atoms with Crippen LogP contribution in [0.5, 0.6) is 5.75 Å². The van der Waals surface area contributed by atoms with Gasteiger partial charge in [0.25, 0.3) is 0 Å². The quantitative estimate of drug-likeness (QED) is 0.469. The third kappa shape index (κ3) is 5.33. The van der Waals surface area contributed by atoms with Gasteiger partial charge in [-0.3, -0.25) is 4.90 Å². The summed E-state index contributed by atoms with van der Waals surface area (Å²) in [5, 5.41) is 5.97. The van der Waals surface area contributed by atoms with Crippen LogP contribution >= 0.6 is 0 Å². The van der Waals surface area contributed by atoms with E-state index in [1.807, 2.05) is 0 Å². The maximum Gasteiger partial charge on any atom is 0.338 e. The highest BCUT2D eigenvalue weighted by Gasteiger charge is 2.51. The first-order valence-electron chi connectivity index (χ1n) is 13.7. The van der Waals surface area contributed by atoms with Crippen LogP contribution in [0.15, 0.2) is 42.5 Å². The highest BCUT2D eigenvalue weighted by Crippen LogP contribution is 2.52. The summed E-state index contributed by atoms with van der Waals surface area (Å²) >= 11 is 0. The van der Waals surface area contributed by atoms with Gasteiger partial charge in [0, 0.05) is 30.2 Å². The number of fused-ring (bicyclic) bond motifs is 4. The number of esters is 1. The summed E-state index contributed by atoms with van der Waals surface area (Å²) in [6.45, 7) is 7.45. The molecule has 2 amide bonds. The van der Waals surface area contributed by atoms with E-state index in [1.54, 1.807) is 38.3 Å². The first-order valence-corrected chi connectivity index (χ1v) is 13.7. The average molecular weight is 506 g/mol. The van der Waals surface area contributed by atoms with Crippen LogP contribution in [0.25, 0.3) is 0 Å². The number of urea groups is 1. The number of carbonyl (C=O) groups is 2. The van der Waals surface area contributed by atoms with Crippen molar-refractivity contribution in [1.82, 2.24) is 10.2 Å². The minimum absolute atomic E-state index is 0.0153. The van der Waals surface area contributed by atoms with Crippen LogP contribution < -0.4 is 15.4 Å². The smallest absolute Gasteiger partial charge is 0.338 e. The van der Waals surface area contributed by atoms with Crippen molar-refractivity contribution in [3.63, 3.8) is 0 Å². The summed E-state index contributed by atoms with van der Waals surface area (Å²) < 4.78 is 10.6. The van der Waals surface area contributed by atoms with Gasteiger partial charge in [0.2, 0.25) is 0 Å². The number of methoxy groups -OCH3 is 1. The molecular weight excluding hydrogens is 466 g/mol. The molecule has 2 N–H and O–H groups in total. The monoisotopic (exact) mass is 505 g/mol. The highest BCUT2D eigenvalue weighted by molar-refractivity contribution is 5.92. The Morgan fingerprint density at radius 1 is 1.14 bits per heavy atom. The van der Waals surface area contributed by atoms with Crippen molar-refractivity contribution in [2.45, 2.75) is 57.4 Å². The maximum absolute atomic E-state index is 12.7. The van der Waals surface area contributed by atoms with Crippen LogP contribution in [0, 0.1) is 11.8 Å². The summed E-state index contributed by atoms with van der Waals surface area (Å²) in [6, 6.07) is 13.6. The molecule has 1 aliphatic heterocycles. The first-order chi connectivity index (χ1) is 17.9. The van der Waals surface area contributed by atoms with Crippen LogP contribution in [-0.2, 0) is 16.6 Å². The Hall–Kier alpha value is -3.06. The van der Waals surface area contributed by atoms with Crippen molar-refractivity contribution in [3.8, 4) is 5.75 Å². The second-order valence-corrected chi connectivity index (χ2v) is 10.9. The zero-order valence-corrected chi connectivity index (χ0v) is 22.2. The lowest BCUT2D eigenvalue weighted by Crippen LogP contribution is -2.60. The number of nitrogens with zero attached hydrogens (tertiary/aromatic N) is 1. The lowest BCUT2D eigenvalue weighted by molar-refractivity contribution is 0.0162. The standard InChI is InChI=1S/C30H39N3O4/c1-4-37-28(34)22-7-10-24(11-8-22)32-29(35)31-15-13-30-14-16-33(19-21-5-6-21)27(20(30)2)17-23-9-12-25(36-3)18-26(23)30/h7-12,18,20-21,27H,4-6,13-17,19H2,1-3H3,(H2,31,32,35)/t20-,27+,30+/m0/s1. The Morgan fingerprint density at radius 3 is 2.62 bits per heavy atom. The molecule has 1 saturated heterocycles. The van der Waals surface area contributed by atoms with Gasteiger partial charge in [-0.1, -0.05) is 13.0 Å². The fourth-order valence-electron chi connectivity index (χ4n) is 6.48. The number of amides is 2. The van der Waals surface area contributed by atoms with E-state index in [9.17, 15) is 9.59 Å². The van der Waals surface area contributed by atoms with E-state index in [-0.39, 0.29) is 17.4 Å².